The highest BCUT2D eigenvalue weighted by Gasteiger charge is 2.27. The minimum absolute atomic E-state index is 0.0210. The number of carbonyl (C=O) groups is 2. The maximum atomic E-state index is 13.3. The third-order valence-electron chi connectivity index (χ3n) is 5.87. The van der Waals surface area contributed by atoms with Gasteiger partial charge in [0.2, 0.25) is 28.6 Å². The molecule has 12 heteroatoms. The van der Waals surface area contributed by atoms with Gasteiger partial charge >= 0.3 is 0 Å². The number of sulfonamides is 1. The molecule has 0 saturated carbocycles. The van der Waals surface area contributed by atoms with Crippen molar-refractivity contribution in [2.75, 3.05) is 30.4 Å². The van der Waals surface area contributed by atoms with Crippen molar-refractivity contribution < 1.29 is 27.5 Å². The van der Waals surface area contributed by atoms with Crippen LogP contribution in [0.1, 0.15) is 38.7 Å². The summed E-state index contributed by atoms with van der Waals surface area (Å²) in [6, 6.07) is 9.08. The van der Waals surface area contributed by atoms with Gasteiger partial charge in [0.05, 0.1) is 11.9 Å². The lowest BCUT2D eigenvalue weighted by Gasteiger charge is -2.29. The molecule has 202 valence electrons. The molecule has 0 fully saturated rings. The molecule has 1 aliphatic rings. The zero-order valence-electron chi connectivity index (χ0n) is 21.0. The standard InChI is InChI=1S/C25H31Cl2N3O6S/c1-4-11-28-25(32)17(2)29(15-18-7-8-19(26)13-21(18)27)24(31)6-5-12-30(37(3,33)34)20-9-10-22-23(14-20)36-16-35-22/h7-10,13-14,17H,4-6,11-12,15-16H2,1-3H3,(H,28,32)/t17-/m1/s1. The predicted octanol–water partition coefficient (Wildman–Crippen LogP) is 4.21. The number of carbonyl (C=O) groups excluding carboxylic acids is 2. The Kier molecular flexibility index (Phi) is 9.92. The molecule has 0 unspecified atom stereocenters. The molecule has 0 aromatic heterocycles. The summed E-state index contributed by atoms with van der Waals surface area (Å²) in [5.41, 5.74) is 1.06. The summed E-state index contributed by atoms with van der Waals surface area (Å²) in [6.07, 6.45) is 2.12. The highest BCUT2D eigenvalue weighted by atomic mass is 35.5. The van der Waals surface area contributed by atoms with Gasteiger partial charge in [-0.05, 0) is 49.6 Å². The summed E-state index contributed by atoms with van der Waals surface area (Å²) in [5, 5.41) is 3.67. The maximum Gasteiger partial charge on any atom is 0.242 e. The van der Waals surface area contributed by atoms with E-state index in [4.69, 9.17) is 32.7 Å². The lowest BCUT2D eigenvalue weighted by atomic mass is 10.1. The number of rotatable bonds is 12. The average Bonchev–Trinajstić information content (AvgIpc) is 3.31. The van der Waals surface area contributed by atoms with Gasteiger partial charge in [-0.15, -0.1) is 0 Å². The fourth-order valence-corrected chi connectivity index (χ4v) is 5.28. The van der Waals surface area contributed by atoms with E-state index in [1.165, 1.54) is 9.21 Å². The molecule has 1 atom stereocenters. The van der Waals surface area contributed by atoms with Crippen molar-refractivity contribution in [2.24, 2.45) is 0 Å². The van der Waals surface area contributed by atoms with Crippen LogP contribution in [-0.4, -0.2) is 57.3 Å². The minimum atomic E-state index is -3.63. The Morgan fingerprint density at radius 3 is 2.51 bits per heavy atom. The Balaban J connectivity index is 1.74. The SMILES string of the molecule is CCCNC(=O)[C@@H](C)N(Cc1ccc(Cl)cc1Cl)C(=O)CCCN(c1ccc2c(c1)OCO2)S(C)(=O)=O. The fourth-order valence-electron chi connectivity index (χ4n) is 3.86. The number of nitrogens with one attached hydrogen (secondary N) is 1. The molecule has 1 heterocycles. The summed E-state index contributed by atoms with van der Waals surface area (Å²) < 4.78 is 36.9. The smallest absolute Gasteiger partial charge is 0.242 e. The number of hydrogen-bond acceptors (Lipinski definition) is 6. The van der Waals surface area contributed by atoms with Crippen LogP contribution in [0.2, 0.25) is 10.0 Å². The van der Waals surface area contributed by atoms with E-state index in [2.05, 4.69) is 5.32 Å². The first-order valence-electron chi connectivity index (χ1n) is 11.9. The Hall–Kier alpha value is -2.69. The molecule has 0 radical (unpaired) electrons. The molecule has 1 N–H and O–H groups in total. The zero-order valence-corrected chi connectivity index (χ0v) is 23.3. The second-order valence-electron chi connectivity index (χ2n) is 8.70. The monoisotopic (exact) mass is 571 g/mol. The van der Waals surface area contributed by atoms with Gasteiger partial charge in [-0.3, -0.25) is 13.9 Å². The Morgan fingerprint density at radius 2 is 1.84 bits per heavy atom. The summed E-state index contributed by atoms with van der Waals surface area (Å²) >= 11 is 12.3. The van der Waals surface area contributed by atoms with Crippen molar-refractivity contribution in [3.63, 3.8) is 0 Å². The van der Waals surface area contributed by atoms with Gasteiger partial charge in [0.1, 0.15) is 6.04 Å². The number of benzene rings is 2. The second kappa shape index (κ2) is 12.7. The fraction of sp³-hybridized carbons (Fsp3) is 0.440. The van der Waals surface area contributed by atoms with Crippen LogP contribution in [0.3, 0.4) is 0 Å². The van der Waals surface area contributed by atoms with Gasteiger partial charge < -0.3 is 19.7 Å². The van der Waals surface area contributed by atoms with Gasteiger partial charge in [0.15, 0.2) is 11.5 Å². The van der Waals surface area contributed by atoms with Crippen molar-refractivity contribution >= 4 is 50.7 Å². The Labute approximate surface area is 227 Å². The van der Waals surface area contributed by atoms with Crippen LogP contribution < -0.4 is 19.1 Å². The molecule has 2 aromatic rings. The molecule has 3 rings (SSSR count). The maximum absolute atomic E-state index is 13.3. The highest BCUT2D eigenvalue weighted by molar-refractivity contribution is 7.92. The predicted molar refractivity (Wildman–Crippen MR) is 144 cm³/mol. The summed E-state index contributed by atoms with van der Waals surface area (Å²) in [5.74, 6) is 0.419. The van der Waals surface area contributed by atoms with Crippen molar-refractivity contribution in [3.05, 3.63) is 52.0 Å². The Bertz CT molecular complexity index is 1240. The highest BCUT2D eigenvalue weighted by Crippen LogP contribution is 2.36. The number of anilines is 1. The molecule has 0 bridgehead atoms. The largest absolute Gasteiger partial charge is 0.454 e. The van der Waals surface area contributed by atoms with Crippen molar-refractivity contribution in [3.8, 4) is 11.5 Å². The lowest BCUT2D eigenvalue weighted by molar-refractivity contribution is -0.140. The van der Waals surface area contributed by atoms with Crippen LogP contribution in [0, 0.1) is 0 Å². The molecular weight excluding hydrogens is 541 g/mol. The zero-order chi connectivity index (χ0) is 27.2. The minimum Gasteiger partial charge on any atom is -0.454 e. The first-order chi connectivity index (χ1) is 17.5. The van der Waals surface area contributed by atoms with Crippen LogP contribution in [0.4, 0.5) is 5.69 Å². The van der Waals surface area contributed by atoms with Crippen LogP contribution >= 0.6 is 23.2 Å². The van der Waals surface area contributed by atoms with E-state index in [-0.39, 0.29) is 44.5 Å². The van der Waals surface area contributed by atoms with E-state index >= 15 is 0 Å². The van der Waals surface area contributed by atoms with Crippen molar-refractivity contribution in [1.82, 2.24) is 10.2 Å². The van der Waals surface area contributed by atoms with Crippen LogP contribution in [0.15, 0.2) is 36.4 Å². The quantitative estimate of drug-likeness (QED) is 0.409. The van der Waals surface area contributed by atoms with E-state index in [0.717, 1.165) is 12.7 Å². The third kappa shape index (κ3) is 7.66. The van der Waals surface area contributed by atoms with Gasteiger partial charge in [0, 0.05) is 42.2 Å². The van der Waals surface area contributed by atoms with Crippen LogP contribution in [0.25, 0.3) is 0 Å². The molecule has 37 heavy (non-hydrogen) atoms. The van der Waals surface area contributed by atoms with E-state index in [1.807, 2.05) is 6.92 Å². The third-order valence-corrected chi connectivity index (χ3v) is 7.65. The molecule has 1 aliphatic heterocycles. The molecule has 0 spiro atoms. The van der Waals surface area contributed by atoms with Gasteiger partial charge in [-0.1, -0.05) is 36.2 Å². The molecule has 0 saturated heterocycles. The lowest BCUT2D eigenvalue weighted by Crippen LogP contribution is -2.48. The summed E-state index contributed by atoms with van der Waals surface area (Å²) in [4.78, 5) is 27.5. The topological polar surface area (TPSA) is 105 Å². The molecule has 0 aliphatic carbocycles. The van der Waals surface area contributed by atoms with Gasteiger partial charge in [-0.25, -0.2) is 8.42 Å². The van der Waals surface area contributed by atoms with Gasteiger partial charge in [-0.2, -0.15) is 0 Å². The van der Waals surface area contributed by atoms with E-state index in [9.17, 15) is 18.0 Å². The first-order valence-corrected chi connectivity index (χ1v) is 14.5. The second-order valence-corrected chi connectivity index (χ2v) is 11.5. The van der Waals surface area contributed by atoms with E-state index in [0.29, 0.717) is 39.3 Å². The van der Waals surface area contributed by atoms with E-state index in [1.54, 1.807) is 43.3 Å². The van der Waals surface area contributed by atoms with E-state index < -0.39 is 16.1 Å². The number of halogens is 2. The van der Waals surface area contributed by atoms with Crippen LogP contribution in [-0.2, 0) is 26.2 Å². The number of hydrogen-bond donors (Lipinski definition) is 1. The number of fused-ring (bicyclic) bond motifs is 1. The number of nitrogens with zero attached hydrogens (tertiary/aromatic N) is 2. The van der Waals surface area contributed by atoms with Gasteiger partial charge in [0.25, 0.3) is 0 Å². The Morgan fingerprint density at radius 1 is 1.11 bits per heavy atom. The summed E-state index contributed by atoms with van der Waals surface area (Å²) in [7, 11) is -3.63. The van der Waals surface area contributed by atoms with Crippen molar-refractivity contribution in [1.29, 1.82) is 0 Å². The normalized spacial score (nSPS) is 13.2. The molecule has 2 aromatic carbocycles. The summed E-state index contributed by atoms with van der Waals surface area (Å²) in [6.45, 7) is 4.33. The number of amides is 2. The average molecular weight is 573 g/mol. The molecule has 9 nitrogen and oxygen atoms in total. The first kappa shape index (κ1) is 28.9. The van der Waals surface area contributed by atoms with Crippen LogP contribution in [0.5, 0.6) is 11.5 Å². The molecule has 2 amide bonds. The number of ether oxygens (including phenoxy) is 2. The van der Waals surface area contributed by atoms with Crippen molar-refractivity contribution in [2.45, 2.75) is 45.7 Å². The molecular formula is C25H31Cl2N3O6S.